The standard InChI is InChI=1S/C26H37N5O3S/c1-26(2,3)25(34)31-10-6-7-17(15-31)24(33)30-13-11-29(12-14-30)16-20-27-22(32)21-18-8-4-5-9-19(18)35-23(21)28-20/h17H,4-16H2,1-3H3,(H,27,28,32). The number of piperidine rings is 1. The summed E-state index contributed by atoms with van der Waals surface area (Å²) in [6.07, 6.45) is 6.12. The van der Waals surface area contributed by atoms with Gasteiger partial charge in [0, 0.05) is 49.6 Å². The normalized spacial score (nSPS) is 21.9. The molecule has 1 N–H and O–H groups in total. The smallest absolute Gasteiger partial charge is 0.259 e. The van der Waals surface area contributed by atoms with E-state index in [4.69, 9.17) is 4.98 Å². The van der Waals surface area contributed by atoms with E-state index >= 15 is 0 Å². The van der Waals surface area contributed by atoms with Crippen LogP contribution in [-0.2, 0) is 29.0 Å². The fourth-order valence-electron chi connectivity index (χ4n) is 5.72. The molecule has 3 aliphatic rings. The number of aromatic amines is 1. The van der Waals surface area contributed by atoms with Gasteiger partial charge in [-0.3, -0.25) is 19.3 Å². The van der Waals surface area contributed by atoms with E-state index in [-0.39, 0.29) is 23.3 Å². The number of nitrogens with zero attached hydrogens (tertiary/aromatic N) is 4. The fourth-order valence-corrected chi connectivity index (χ4v) is 7.00. The summed E-state index contributed by atoms with van der Waals surface area (Å²) in [5.74, 6) is 0.912. The number of amides is 2. The van der Waals surface area contributed by atoms with Crippen LogP contribution in [0.3, 0.4) is 0 Å². The zero-order valence-corrected chi connectivity index (χ0v) is 22.0. The van der Waals surface area contributed by atoms with Crippen molar-refractivity contribution < 1.29 is 9.59 Å². The molecule has 4 heterocycles. The molecule has 0 spiro atoms. The van der Waals surface area contributed by atoms with E-state index in [1.54, 1.807) is 11.3 Å². The summed E-state index contributed by atoms with van der Waals surface area (Å²) in [7, 11) is 0. The van der Waals surface area contributed by atoms with Crippen molar-refractivity contribution in [1.82, 2.24) is 24.7 Å². The van der Waals surface area contributed by atoms with Crippen molar-refractivity contribution in [3.8, 4) is 0 Å². The number of likely N-dealkylation sites (tertiary alicyclic amines) is 1. The molecule has 8 nitrogen and oxygen atoms in total. The molecule has 2 fully saturated rings. The molecular weight excluding hydrogens is 462 g/mol. The van der Waals surface area contributed by atoms with Crippen LogP contribution in [-0.4, -0.2) is 75.8 Å². The summed E-state index contributed by atoms with van der Waals surface area (Å²) in [6.45, 7) is 10.5. The Morgan fingerprint density at radius 2 is 1.77 bits per heavy atom. The summed E-state index contributed by atoms with van der Waals surface area (Å²) in [4.78, 5) is 54.9. The van der Waals surface area contributed by atoms with Gasteiger partial charge in [0.05, 0.1) is 17.8 Å². The number of rotatable bonds is 3. The van der Waals surface area contributed by atoms with Crippen LogP contribution >= 0.6 is 11.3 Å². The molecule has 2 aliphatic heterocycles. The van der Waals surface area contributed by atoms with Crippen LogP contribution in [0.25, 0.3) is 10.2 Å². The number of piperazine rings is 1. The average molecular weight is 500 g/mol. The van der Waals surface area contributed by atoms with Gasteiger partial charge < -0.3 is 14.8 Å². The first-order valence-corrected chi connectivity index (χ1v) is 13.9. The predicted octanol–water partition coefficient (Wildman–Crippen LogP) is 2.79. The van der Waals surface area contributed by atoms with E-state index < -0.39 is 5.41 Å². The van der Waals surface area contributed by atoms with Crippen LogP contribution in [0.1, 0.15) is 62.7 Å². The van der Waals surface area contributed by atoms with Crippen LogP contribution < -0.4 is 5.56 Å². The monoisotopic (exact) mass is 499 g/mol. The Kier molecular flexibility index (Phi) is 6.74. The van der Waals surface area contributed by atoms with E-state index in [9.17, 15) is 14.4 Å². The number of carbonyl (C=O) groups excluding carboxylic acids is 2. The Labute approximate surface area is 210 Å². The number of thiophene rings is 1. The van der Waals surface area contributed by atoms with Gasteiger partial charge in [0.25, 0.3) is 5.56 Å². The molecule has 2 aromatic heterocycles. The zero-order chi connectivity index (χ0) is 24.7. The molecule has 2 aromatic rings. The summed E-state index contributed by atoms with van der Waals surface area (Å²) in [5, 5.41) is 0.801. The molecule has 2 saturated heterocycles. The van der Waals surface area contributed by atoms with Gasteiger partial charge in [-0.05, 0) is 44.1 Å². The minimum atomic E-state index is -0.420. The molecule has 0 radical (unpaired) electrons. The van der Waals surface area contributed by atoms with Crippen LogP contribution in [0, 0.1) is 11.3 Å². The van der Waals surface area contributed by atoms with E-state index in [1.165, 1.54) is 16.9 Å². The topological polar surface area (TPSA) is 89.6 Å². The highest BCUT2D eigenvalue weighted by atomic mass is 32.1. The van der Waals surface area contributed by atoms with Crippen molar-refractivity contribution >= 4 is 33.4 Å². The van der Waals surface area contributed by atoms with Gasteiger partial charge in [-0.2, -0.15) is 0 Å². The van der Waals surface area contributed by atoms with Gasteiger partial charge in [0.1, 0.15) is 10.7 Å². The SMILES string of the molecule is CC(C)(C)C(=O)N1CCCC(C(=O)N2CCN(Cc3nc4sc5c(c4c(=O)[nH]3)CCCC5)CC2)C1. The molecule has 1 aliphatic carbocycles. The van der Waals surface area contributed by atoms with E-state index in [0.717, 1.165) is 62.0 Å². The molecule has 35 heavy (non-hydrogen) atoms. The molecule has 1 atom stereocenters. The number of carbonyl (C=O) groups is 2. The van der Waals surface area contributed by atoms with Gasteiger partial charge in [0.2, 0.25) is 11.8 Å². The van der Waals surface area contributed by atoms with Crippen LogP contribution in [0.15, 0.2) is 4.79 Å². The maximum Gasteiger partial charge on any atom is 0.259 e. The lowest BCUT2D eigenvalue weighted by molar-refractivity contribution is -0.146. The molecule has 1 unspecified atom stereocenters. The number of fused-ring (bicyclic) bond motifs is 3. The van der Waals surface area contributed by atoms with E-state index in [1.807, 2.05) is 30.6 Å². The predicted molar refractivity (Wildman–Crippen MR) is 137 cm³/mol. The van der Waals surface area contributed by atoms with Gasteiger partial charge in [-0.15, -0.1) is 11.3 Å². The molecule has 5 rings (SSSR count). The van der Waals surface area contributed by atoms with Crippen LogP contribution in [0.2, 0.25) is 0 Å². The molecule has 0 aromatic carbocycles. The molecule has 0 saturated carbocycles. The molecule has 0 bridgehead atoms. The number of aryl methyl sites for hydroxylation is 2. The van der Waals surface area contributed by atoms with Crippen molar-refractivity contribution in [2.24, 2.45) is 11.3 Å². The number of aromatic nitrogens is 2. The van der Waals surface area contributed by atoms with Gasteiger partial charge in [-0.1, -0.05) is 20.8 Å². The minimum Gasteiger partial charge on any atom is -0.341 e. The summed E-state index contributed by atoms with van der Waals surface area (Å²) in [5.41, 5.74) is 0.788. The van der Waals surface area contributed by atoms with Crippen LogP contribution in [0.5, 0.6) is 0 Å². The van der Waals surface area contributed by atoms with Gasteiger partial charge >= 0.3 is 0 Å². The molecular formula is C26H37N5O3S. The van der Waals surface area contributed by atoms with Crippen LogP contribution in [0.4, 0.5) is 0 Å². The second-order valence-electron chi connectivity index (χ2n) is 11.3. The Balaban J connectivity index is 1.18. The molecule has 9 heteroatoms. The third-order valence-electron chi connectivity index (χ3n) is 7.63. The quantitative estimate of drug-likeness (QED) is 0.702. The lowest BCUT2D eigenvalue weighted by Crippen LogP contribution is -2.53. The zero-order valence-electron chi connectivity index (χ0n) is 21.2. The van der Waals surface area contributed by atoms with E-state index in [2.05, 4.69) is 9.88 Å². The number of hydrogen-bond acceptors (Lipinski definition) is 6. The first-order valence-electron chi connectivity index (χ1n) is 13.0. The van der Waals surface area contributed by atoms with Crippen molar-refractivity contribution in [3.63, 3.8) is 0 Å². The lowest BCUT2D eigenvalue weighted by Gasteiger charge is -2.40. The summed E-state index contributed by atoms with van der Waals surface area (Å²) in [6, 6.07) is 0. The average Bonchev–Trinajstić information content (AvgIpc) is 3.22. The highest BCUT2D eigenvalue weighted by Crippen LogP contribution is 2.33. The lowest BCUT2D eigenvalue weighted by atomic mass is 9.90. The maximum absolute atomic E-state index is 13.2. The fraction of sp³-hybridized carbons (Fsp3) is 0.692. The van der Waals surface area contributed by atoms with E-state index in [0.29, 0.717) is 32.0 Å². The molecule has 190 valence electrons. The first-order chi connectivity index (χ1) is 16.7. The first kappa shape index (κ1) is 24.4. The van der Waals surface area contributed by atoms with Gasteiger partial charge in [-0.25, -0.2) is 4.98 Å². The third kappa shape index (κ3) is 5.03. The largest absolute Gasteiger partial charge is 0.341 e. The second kappa shape index (κ2) is 9.65. The summed E-state index contributed by atoms with van der Waals surface area (Å²) >= 11 is 1.68. The van der Waals surface area contributed by atoms with Crippen molar-refractivity contribution in [3.05, 3.63) is 26.6 Å². The highest BCUT2D eigenvalue weighted by molar-refractivity contribution is 7.18. The Morgan fingerprint density at radius 3 is 2.51 bits per heavy atom. The van der Waals surface area contributed by atoms with Crippen molar-refractivity contribution in [1.29, 1.82) is 0 Å². The van der Waals surface area contributed by atoms with Gasteiger partial charge in [0.15, 0.2) is 0 Å². The Morgan fingerprint density at radius 1 is 1.03 bits per heavy atom. The second-order valence-corrected chi connectivity index (χ2v) is 12.4. The number of H-pyrrole nitrogens is 1. The molecule has 2 amide bonds. The Hall–Kier alpha value is -2.26. The third-order valence-corrected chi connectivity index (χ3v) is 8.82. The number of hydrogen-bond donors (Lipinski definition) is 1. The van der Waals surface area contributed by atoms with Crippen molar-refractivity contribution in [2.45, 2.75) is 65.8 Å². The van der Waals surface area contributed by atoms with Crippen molar-refractivity contribution in [2.75, 3.05) is 39.3 Å². The summed E-state index contributed by atoms with van der Waals surface area (Å²) < 4.78 is 0. The Bertz CT molecular complexity index is 1170. The number of nitrogens with one attached hydrogen (secondary N) is 1. The maximum atomic E-state index is 13.2. The highest BCUT2D eigenvalue weighted by Gasteiger charge is 2.35. The minimum absolute atomic E-state index is 0.00938.